The van der Waals surface area contributed by atoms with Gasteiger partial charge in [0, 0.05) is 36.5 Å². The Morgan fingerprint density at radius 1 is 1.09 bits per heavy atom. The minimum absolute atomic E-state index is 0.0199. The van der Waals surface area contributed by atoms with Gasteiger partial charge in [0.1, 0.15) is 24.8 Å². The molecular weight excluding hydrogens is 605 g/mol. The van der Waals surface area contributed by atoms with Gasteiger partial charge in [0.25, 0.3) is 17.7 Å². The molecule has 4 amide bonds. The Balaban J connectivity index is 1.59. The molecule has 1 aromatic heterocycles. The second kappa shape index (κ2) is 15.9. The number of likely N-dealkylation sites (N-methyl/N-ethyl adjacent to an activating group) is 1. The molecular formula is C35H40FN5O6. The molecule has 3 aromatic rings. The topological polar surface area (TPSA) is 141 Å². The van der Waals surface area contributed by atoms with Gasteiger partial charge in [-0.1, -0.05) is 44.2 Å². The van der Waals surface area contributed by atoms with Crippen LogP contribution in [0.15, 0.2) is 48.5 Å². The van der Waals surface area contributed by atoms with E-state index in [0.29, 0.717) is 41.9 Å². The first kappa shape index (κ1) is 34.8. The van der Waals surface area contributed by atoms with Gasteiger partial charge in [-0.2, -0.15) is 0 Å². The van der Waals surface area contributed by atoms with Gasteiger partial charge in [-0.05, 0) is 68.8 Å². The molecule has 0 saturated carbocycles. The lowest BCUT2D eigenvalue weighted by molar-refractivity contribution is -0.125. The lowest BCUT2D eigenvalue weighted by Gasteiger charge is -2.23. The minimum Gasteiger partial charge on any atom is -0.445 e. The molecule has 11 nitrogen and oxygen atoms in total. The number of alkyl carbamates (subject to hydrolysis) is 1. The quantitative estimate of drug-likeness (QED) is 0.173. The zero-order valence-corrected chi connectivity index (χ0v) is 27.0. The summed E-state index contributed by atoms with van der Waals surface area (Å²) in [4.78, 5) is 71.0. The summed E-state index contributed by atoms with van der Waals surface area (Å²) in [6.45, 7) is 10.4. The van der Waals surface area contributed by atoms with Gasteiger partial charge < -0.3 is 30.0 Å². The molecule has 4 rings (SSSR count). The summed E-state index contributed by atoms with van der Waals surface area (Å²) in [5.41, 5.74) is 3.09. The van der Waals surface area contributed by atoms with Gasteiger partial charge in [0.05, 0.1) is 16.8 Å². The second-order valence-electron chi connectivity index (χ2n) is 11.1. The van der Waals surface area contributed by atoms with E-state index >= 15 is 0 Å². The third-order valence-corrected chi connectivity index (χ3v) is 8.12. The highest BCUT2D eigenvalue weighted by Crippen LogP contribution is 2.39. The summed E-state index contributed by atoms with van der Waals surface area (Å²) >= 11 is 0. The second-order valence-corrected chi connectivity index (χ2v) is 11.1. The smallest absolute Gasteiger partial charge is 0.408 e. The number of fused-ring (bicyclic) bond motifs is 1. The van der Waals surface area contributed by atoms with Gasteiger partial charge in [0.2, 0.25) is 0 Å². The SMILES string of the molecule is CCN(CC)CCNC(=O)c1c(C)[nH]c(/C=C2\C(=O)N(C(=O)C(CCC=O)NC(=O)OCc3ccccc3)c3ccc(F)cc32)c1C. The molecule has 0 spiro atoms. The molecule has 2 heterocycles. The van der Waals surface area contributed by atoms with Gasteiger partial charge in [-0.25, -0.2) is 14.1 Å². The van der Waals surface area contributed by atoms with E-state index in [1.807, 2.05) is 6.07 Å². The summed E-state index contributed by atoms with van der Waals surface area (Å²) in [7, 11) is 0. The highest BCUT2D eigenvalue weighted by atomic mass is 19.1. The number of amides is 4. The predicted octanol–water partition coefficient (Wildman–Crippen LogP) is 4.53. The van der Waals surface area contributed by atoms with E-state index in [2.05, 4.69) is 34.4 Å². The fourth-order valence-electron chi connectivity index (χ4n) is 5.54. The molecule has 1 aliphatic heterocycles. The molecule has 248 valence electrons. The Morgan fingerprint density at radius 2 is 1.81 bits per heavy atom. The molecule has 0 aliphatic carbocycles. The van der Waals surface area contributed by atoms with Crippen LogP contribution in [-0.4, -0.2) is 72.2 Å². The Bertz CT molecular complexity index is 1660. The molecule has 1 unspecified atom stereocenters. The van der Waals surface area contributed by atoms with Crippen LogP contribution in [0.1, 0.15) is 65.1 Å². The average molecular weight is 646 g/mol. The number of carbonyl (C=O) groups excluding carboxylic acids is 5. The molecule has 0 fully saturated rings. The van der Waals surface area contributed by atoms with Crippen LogP contribution in [0, 0.1) is 19.7 Å². The lowest BCUT2D eigenvalue weighted by Crippen LogP contribution is -2.49. The fourth-order valence-corrected chi connectivity index (χ4v) is 5.54. The van der Waals surface area contributed by atoms with Crippen LogP contribution in [0.25, 0.3) is 11.6 Å². The van der Waals surface area contributed by atoms with E-state index in [-0.39, 0.29) is 42.2 Å². The molecule has 0 radical (unpaired) electrons. The number of hydrogen-bond donors (Lipinski definition) is 3. The number of nitrogens with zero attached hydrogens (tertiary/aromatic N) is 2. The van der Waals surface area contributed by atoms with Crippen LogP contribution in [0.3, 0.4) is 0 Å². The number of carbonyl (C=O) groups is 5. The average Bonchev–Trinajstić information content (AvgIpc) is 3.50. The summed E-state index contributed by atoms with van der Waals surface area (Å²) in [6.07, 6.45) is 1.03. The van der Waals surface area contributed by atoms with Gasteiger partial charge in [-0.3, -0.25) is 14.4 Å². The number of aryl methyl sites for hydroxylation is 1. The third kappa shape index (κ3) is 8.20. The number of aromatic nitrogens is 1. The third-order valence-electron chi connectivity index (χ3n) is 8.12. The highest BCUT2D eigenvalue weighted by Gasteiger charge is 2.40. The fraction of sp³-hybridized carbons (Fsp3) is 0.343. The van der Waals surface area contributed by atoms with Crippen molar-refractivity contribution in [3.63, 3.8) is 0 Å². The molecule has 12 heteroatoms. The van der Waals surface area contributed by atoms with Gasteiger partial charge >= 0.3 is 6.09 Å². The van der Waals surface area contributed by atoms with Gasteiger partial charge in [0.15, 0.2) is 0 Å². The monoisotopic (exact) mass is 645 g/mol. The van der Waals surface area contributed by atoms with Crippen molar-refractivity contribution < 1.29 is 33.1 Å². The summed E-state index contributed by atoms with van der Waals surface area (Å²) in [5.74, 6) is -2.44. The Labute approximate surface area is 273 Å². The van der Waals surface area contributed by atoms with Crippen molar-refractivity contribution in [3.05, 3.63) is 88.0 Å². The van der Waals surface area contributed by atoms with Crippen LogP contribution in [0.4, 0.5) is 14.9 Å². The molecule has 1 atom stereocenters. The number of ether oxygens (including phenoxy) is 1. The Hall–Kier alpha value is -5.10. The molecule has 0 bridgehead atoms. The van der Waals surface area contributed by atoms with Crippen molar-refractivity contribution in [2.24, 2.45) is 0 Å². The molecule has 3 N–H and O–H groups in total. The number of rotatable bonds is 14. The van der Waals surface area contributed by atoms with Crippen molar-refractivity contribution in [1.82, 2.24) is 20.5 Å². The van der Waals surface area contributed by atoms with Crippen molar-refractivity contribution in [2.45, 2.75) is 53.2 Å². The first-order valence-corrected chi connectivity index (χ1v) is 15.6. The summed E-state index contributed by atoms with van der Waals surface area (Å²) < 4.78 is 19.8. The maximum absolute atomic E-state index is 14.5. The highest BCUT2D eigenvalue weighted by molar-refractivity contribution is 6.42. The van der Waals surface area contributed by atoms with E-state index < -0.39 is 29.8 Å². The largest absolute Gasteiger partial charge is 0.445 e. The maximum Gasteiger partial charge on any atom is 0.408 e. The standard InChI is InChI=1S/C35H40FN5O6/c1-5-40(6-2)17-16-37-32(43)31-22(3)29(38-23(31)4)20-27-26-19-25(36)14-15-30(26)41(33(27)44)34(45)28(13-10-18-42)39-35(46)47-21-24-11-8-7-9-12-24/h7-9,11-12,14-15,18-20,28,38H,5-6,10,13,16-17,21H2,1-4H3,(H,37,43)(H,39,46)/b27-20-. The van der Waals surface area contributed by atoms with Crippen LogP contribution in [-0.2, 0) is 25.7 Å². The van der Waals surface area contributed by atoms with E-state index in [9.17, 15) is 28.4 Å². The lowest BCUT2D eigenvalue weighted by atomic mass is 10.0. The predicted molar refractivity (Wildman–Crippen MR) is 176 cm³/mol. The number of aldehydes is 1. The van der Waals surface area contributed by atoms with E-state index in [0.717, 1.165) is 35.7 Å². The van der Waals surface area contributed by atoms with Crippen molar-refractivity contribution in [3.8, 4) is 0 Å². The normalized spacial score (nSPS) is 13.9. The van der Waals surface area contributed by atoms with Gasteiger partial charge in [-0.15, -0.1) is 0 Å². The van der Waals surface area contributed by atoms with Crippen molar-refractivity contribution in [2.75, 3.05) is 31.1 Å². The van der Waals surface area contributed by atoms with Crippen LogP contribution >= 0.6 is 0 Å². The zero-order chi connectivity index (χ0) is 34.1. The van der Waals surface area contributed by atoms with Crippen LogP contribution < -0.4 is 15.5 Å². The minimum atomic E-state index is -1.29. The number of hydrogen-bond acceptors (Lipinski definition) is 7. The number of aromatic amines is 1. The van der Waals surface area contributed by atoms with E-state index in [1.54, 1.807) is 38.1 Å². The number of anilines is 1. The molecule has 47 heavy (non-hydrogen) atoms. The first-order valence-electron chi connectivity index (χ1n) is 15.6. The number of imide groups is 1. The zero-order valence-electron chi connectivity index (χ0n) is 27.0. The first-order chi connectivity index (χ1) is 22.6. The summed E-state index contributed by atoms with van der Waals surface area (Å²) in [6, 6.07) is 11.2. The summed E-state index contributed by atoms with van der Waals surface area (Å²) in [5, 5.41) is 5.42. The number of halogens is 1. The number of H-pyrrole nitrogens is 1. The van der Waals surface area contributed by atoms with Crippen molar-refractivity contribution >= 4 is 47.4 Å². The Kier molecular flexibility index (Phi) is 11.8. The molecule has 1 aliphatic rings. The molecule has 2 aromatic carbocycles. The number of benzene rings is 2. The van der Waals surface area contributed by atoms with Crippen LogP contribution in [0.2, 0.25) is 0 Å². The molecule has 0 saturated heterocycles. The Morgan fingerprint density at radius 3 is 2.49 bits per heavy atom. The van der Waals surface area contributed by atoms with Crippen LogP contribution in [0.5, 0.6) is 0 Å². The van der Waals surface area contributed by atoms with E-state index in [4.69, 9.17) is 4.74 Å². The van der Waals surface area contributed by atoms with E-state index in [1.165, 1.54) is 12.1 Å². The maximum atomic E-state index is 14.5. The number of nitrogens with one attached hydrogen (secondary N) is 3. The van der Waals surface area contributed by atoms with Crippen molar-refractivity contribution in [1.29, 1.82) is 0 Å².